The van der Waals surface area contributed by atoms with Gasteiger partial charge in [-0.15, -0.1) is 0 Å². The van der Waals surface area contributed by atoms with Crippen molar-refractivity contribution in [2.75, 3.05) is 60.1 Å². The number of furan rings is 1. The fourth-order valence-electron chi connectivity index (χ4n) is 7.92. The number of fused-ring (bicyclic) bond motifs is 7. The topological polar surface area (TPSA) is 144 Å². The number of nitrogens with zero attached hydrogens (tertiary/aromatic N) is 6. The van der Waals surface area contributed by atoms with Crippen LogP contribution >= 0.6 is 11.6 Å². The van der Waals surface area contributed by atoms with E-state index in [2.05, 4.69) is 31.8 Å². The minimum atomic E-state index is -1.24. The maximum Gasteiger partial charge on any atom is 0.347 e. The molecule has 2 atom stereocenters. The summed E-state index contributed by atoms with van der Waals surface area (Å²) in [5, 5.41) is 0.701. The van der Waals surface area contributed by atoms with Gasteiger partial charge in [0.2, 0.25) is 17.7 Å². The van der Waals surface area contributed by atoms with Gasteiger partial charge in [0.1, 0.15) is 65.6 Å². The molecular formula is C49H46ClFN6O8. The number of hydrogen-bond donors (Lipinski definition) is 0. The van der Waals surface area contributed by atoms with Gasteiger partial charge in [-0.2, -0.15) is 0 Å². The minimum absolute atomic E-state index is 0.0214. The molecule has 0 aliphatic carbocycles. The smallest absolute Gasteiger partial charge is 0.347 e. The quantitative estimate of drug-likeness (QED) is 0.121. The largest absolute Gasteiger partial charge is 0.496 e. The summed E-state index contributed by atoms with van der Waals surface area (Å²) in [4.78, 5) is 36.9. The third-order valence-corrected chi connectivity index (χ3v) is 11.5. The first kappa shape index (κ1) is 43.4. The van der Waals surface area contributed by atoms with Crippen LogP contribution in [0.15, 0.2) is 108 Å². The lowest BCUT2D eigenvalue weighted by Gasteiger charge is -2.34. The van der Waals surface area contributed by atoms with E-state index in [1.165, 1.54) is 18.5 Å². The van der Waals surface area contributed by atoms with Gasteiger partial charge in [0, 0.05) is 62.0 Å². The van der Waals surface area contributed by atoms with Gasteiger partial charge in [0.15, 0.2) is 5.82 Å². The molecule has 7 aromatic rings. The number of piperazine rings is 1. The summed E-state index contributed by atoms with van der Waals surface area (Å²) in [5.74, 6) is 1.91. The molecule has 334 valence electrons. The van der Waals surface area contributed by atoms with Gasteiger partial charge in [-0.05, 0) is 92.3 Å². The molecule has 0 radical (unpaired) electrons. The van der Waals surface area contributed by atoms with Crippen LogP contribution in [0.3, 0.4) is 0 Å². The fraction of sp³-hybridized carbons (Fsp3) is 0.286. The van der Waals surface area contributed by atoms with Crippen molar-refractivity contribution < 1.29 is 42.0 Å². The van der Waals surface area contributed by atoms with E-state index < -0.39 is 24.0 Å². The van der Waals surface area contributed by atoms with Gasteiger partial charge in [0.25, 0.3) is 0 Å². The van der Waals surface area contributed by atoms with Gasteiger partial charge in [-0.25, -0.2) is 29.1 Å². The fourth-order valence-corrected chi connectivity index (χ4v) is 8.14. The molecule has 10 rings (SSSR count). The number of carbonyl (C=O) groups excluding carboxylic acids is 1. The molecule has 0 saturated carbocycles. The van der Waals surface area contributed by atoms with E-state index in [0.29, 0.717) is 79.5 Å². The van der Waals surface area contributed by atoms with Crippen LogP contribution in [0.5, 0.6) is 28.9 Å². The highest BCUT2D eigenvalue weighted by Gasteiger charge is 2.31. The van der Waals surface area contributed by atoms with Gasteiger partial charge in [0.05, 0.1) is 30.0 Å². The minimum Gasteiger partial charge on any atom is -0.496 e. The first-order valence-corrected chi connectivity index (χ1v) is 21.7. The summed E-state index contributed by atoms with van der Waals surface area (Å²) in [6.45, 7) is 6.22. The molecule has 3 aliphatic rings. The molecular weight excluding hydrogens is 855 g/mol. The van der Waals surface area contributed by atoms with Crippen molar-refractivity contribution in [2.45, 2.75) is 32.2 Å². The summed E-state index contributed by atoms with van der Waals surface area (Å²) in [6, 6.07) is 26.0. The van der Waals surface area contributed by atoms with E-state index in [9.17, 15) is 9.18 Å². The van der Waals surface area contributed by atoms with Crippen LogP contribution in [-0.2, 0) is 22.6 Å². The van der Waals surface area contributed by atoms with E-state index in [0.717, 1.165) is 31.7 Å². The number of methoxy groups -OCH3 is 1. The van der Waals surface area contributed by atoms with E-state index in [1.807, 2.05) is 42.5 Å². The predicted octanol–water partition coefficient (Wildman–Crippen LogP) is 8.33. The number of ether oxygens (including phenoxy) is 6. The molecule has 3 aliphatic heterocycles. The Kier molecular flexibility index (Phi) is 13.0. The zero-order valence-corrected chi connectivity index (χ0v) is 36.8. The number of likely N-dealkylation sites (N-methyl/N-ethyl adjacent to an activating group) is 1. The van der Waals surface area contributed by atoms with Crippen LogP contribution in [0.1, 0.15) is 18.2 Å². The van der Waals surface area contributed by atoms with Crippen molar-refractivity contribution in [2.24, 2.45) is 0 Å². The number of esters is 1. The Morgan fingerprint density at radius 1 is 0.908 bits per heavy atom. The molecule has 0 amide bonds. The van der Waals surface area contributed by atoms with Crippen LogP contribution in [0, 0.1) is 5.82 Å². The highest BCUT2D eigenvalue weighted by atomic mass is 35.5. The average Bonchev–Trinajstić information content (AvgIpc) is 3.72. The lowest BCUT2D eigenvalue weighted by Crippen LogP contribution is -2.49. The highest BCUT2D eigenvalue weighted by molar-refractivity contribution is 6.32. The summed E-state index contributed by atoms with van der Waals surface area (Å²) in [5.41, 5.74) is 3.80. The van der Waals surface area contributed by atoms with E-state index in [1.54, 1.807) is 56.6 Å². The Labute approximate surface area is 379 Å². The van der Waals surface area contributed by atoms with Crippen LogP contribution in [0.4, 0.5) is 4.39 Å². The second-order valence-electron chi connectivity index (χ2n) is 15.7. The third kappa shape index (κ3) is 9.82. The highest BCUT2D eigenvalue weighted by Crippen LogP contribution is 2.45. The molecule has 0 unspecified atom stereocenters. The molecule has 3 aromatic heterocycles. The number of benzene rings is 4. The van der Waals surface area contributed by atoms with Gasteiger partial charge in [-0.3, -0.25) is 4.90 Å². The van der Waals surface area contributed by atoms with Gasteiger partial charge >= 0.3 is 5.97 Å². The molecule has 0 N–H and O–H groups in total. The molecule has 4 bridgehead atoms. The maximum absolute atomic E-state index is 14.2. The molecule has 6 heterocycles. The Bertz CT molecular complexity index is 2800. The zero-order valence-electron chi connectivity index (χ0n) is 36.0. The predicted molar refractivity (Wildman–Crippen MR) is 241 cm³/mol. The van der Waals surface area contributed by atoms with Crippen molar-refractivity contribution in [3.8, 4) is 62.7 Å². The van der Waals surface area contributed by atoms with Crippen LogP contribution in [0.25, 0.3) is 44.9 Å². The van der Waals surface area contributed by atoms with Crippen LogP contribution in [0.2, 0.25) is 5.02 Å². The van der Waals surface area contributed by atoms with Crippen molar-refractivity contribution in [3.63, 3.8) is 0 Å². The zero-order chi connectivity index (χ0) is 44.9. The van der Waals surface area contributed by atoms with Crippen LogP contribution < -0.4 is 23.7 Å². The Hall–Kier alpha value is -6.81. The second-order valence-corrected chi connectivity index (χ2v) is 16.1. The van der Waals surface area contributed by atoms with Crippen molar-refractivity contribution in [1.82, 2.24) is 29.7 Å². The number of halogens is 2. The van der Waals surface area contributed by atoms with E-state index >= 15 is 0 Å². The lowest BCUT2D eigenvalue weighted by atomic mass is 9.99. The first-order valence-electron chi connectivity index (χ1n) is 21.3. The summed E-state index contributed by atoms with van der Waals surface area (Å²) in [6.07, 6.45) is 1.26. The normalized spacial score (nSPS) is 16.8. The Balaban J connectivity index is 1.14. The molecule has 0 spiro atoms. The Morgan fingerprint density at radius 2 is 1.72 bits per heavy atom. The number of para-hydroxylation sites is 1. The monoisotopic (exact) mass is 900 g/mol. The molecule has 1 fully saturated rings. The second kappa shape index (κ2) is 19.5. The van der Waals surface area contributed by atoms with Gasteiger partial charge < -0.3 is 37.7 Å². The SMILES string of the molecule is CCOC(=O)[C@H]1Cc2cc(ccc2OCc2ccnc(-c3ccccc3OC)n2)OC[C@@H](CN2CCN(C)CC2)Oc2ccc(cc2Cl)-c2c(-c3ccc(F)cc3)oc3ncnc(c23)O1. The molecule has 16 heteroatoms. The standard InChI is InChI=1S/C49H46ClFN6O8/c1-4-60-49(58)42-25-32-23-35(14-16-39(32)62-27-34-17-18-52-46(55-34)37-7-5-6-8-40(37)59-3)61-28-36(26-57-21-19-56(2)20-22-57)63-41-15-11-31(24-38(41)50)43-44-47(64-42)53-29-54-48(44)65-45(43)30-9-12-33(51)13-10-30/h5-18,23-24,29,36,42H,4,19-22,25-28H2,1-3H3/t36-,42-/m1/s1. The number of rotatable bonds is 10. The van der Waals surface area contributed by atoms with Crippen molar-refractivity contribution in [3.05, 3.63) is 126 Å². The Morgan fingerprint density at radius 3 is 2.52 bits per heavy atom. The van der Waals surface area contributed by atoms with Crippen LogP contribution in [-0.4, -0.2) is 108 Å². The summed E-state index contributed by atoms with van der Waals surface area (Å²) in [7, 11) is 3.71. The van der Waals surface area contributed by atoms with E-state index in [4.69, 9.17) is 49.4 Å². The summed E-state index contributed by atoms with van der Waals surface area (Å²) >= 11 is 7.08. The summed E-state index contributed by atoms with van der Waals surface area (Å²) < 4.78 is 58.1. The average molecular weight is 901 g/mol. The first-order chi connectivity index (χ1) is 31.7. The number of aromatic nitrogens is 4. The lowest BCUT2D eigenvalue weighted by molar-refractivity contribution is -0.151. The van der Waals surface area contributed by atoms with Gasteiger partial charge in [-0.1, -0.05) is 29.8 Å². The number of carbonyl (C=O) groups is 1. The molecule has 65 heavy (non-hydrogen) atoms. The molecule has 14 nitrogen and oxygen atoms in total. The third-order valence-electron chi connectivity index (χ3n) is 11.2. The molecule has 4 aromatic carbocycles. The molecule has 1 saturated heterocycles. The van der Waals surface area contributed by atoms with Crippen molar-refractivity contribution >= 4 is 28.7 Å². The van der Waals surface area contributed by atoms with Crippen molar-refractivity contribution in [1.29, 1.82) is 0 Å². The maximum atomic E-state index is 14.2. The number of hydrogen-bond acceptors (Lipinski definition) is 14. The van der Waals surface area contributed by atoms with E-state index in [-0.39, 0.29) is 37.8 Å².